The second kappa shape index (κ2) is 12.4. The van der Waals surface area contributed by atoms with Gasteiger partial charge in [-0.2, -0.15) is 5.10 Å². The van der Waals surface area contributed by atoms with Gasteiger partial charge in [-0.3, -0.25) is 9.10 Å². The molecule has 0 spiro atoms. The van der Waals surface area contributed by atoms with Crippen molar-refractivity contribution in [2.45, 2.75) is 38.2 Å². The molecule has 0 saturated heterocycles. The number of hydrogen-bond acceptors (Lipinski definition) is 7. The van der Waals surface area contributed by atoms with E-state index in [1.165, 1.54) is 18.3 Å². The minimum Gasteiger partial charge on any atom is -0.482 e. The molecule has 10 heteroatoms. The van der Waals surface area contributed by atoms with Crippen molar-refractivity contribution in [2.24, 2.45) is 5.10 Å². The summed E-state index contributed by atoms with van der Waals surface area (Å²) in [4.78, 5) is 24.5. The predicted octanol–water partition coefficient (Wildman–Crippen LogP) is 4.06. The SMILES string of the molecule is Cc1ccc(S(=O)(=O)N(CC(=O)N/N=C/c2ccc(OCC(=O)OC(C)(C)C)cc2)c2ccccc2)cc1. The lowest BCUT2D eigenvalue weighted by molar-refractivity contribution is -0.157. The summed E-state index contributed by atoms with van der Waals surface area (Å²) >= 11 is 0. The molecule has 0 heterocycles. The molecule has 200 valence electrons. The first-order valence-corrected chi connectivity index (χ1v) is 13.3. The molecule has 0 atom stereocenters. The quantitative estimate of drug-likeness (QED) is 0.237. The van der Waals surface area contributed by atoms with Crippen molar-refractivity contribution in [3.05, 3.63) is 90.0 Å². The number of rotatable bonds is 10. The third-order valence-electron chi connectivity index (χ3n) is 5.00. The first-order valence-electron chi connectivity index (χ1n) is 11.9. The Morgan fingerprint density at radius 3 is 2.18 bits per heavy atom. The van der Waals surface area contributed by atoms with Crippen molar-refractivity contribution in [1.82, 2.24) is 5.43 Å². The monoisotopic (exact) mass is 537 g/mol. The molecule has 0 radical (unpaired) electrons. The molecule has 1 amide bonds. The van der Waals surface area contributed by atoms with Gasteiger partial charge in [-0.25, -0.2) is 18.6 Å². The van der Waals surface area contributed by atoms with Crippen molar-refractivity contribution >= 4 is 33.8 Å². The van der Waals surface area contributed by atoms with Crippen LogP contribution in [0, 0.1) is 6.92 Å². The molecule has 0 unspecified atom stereocenters. The van der Waals surface area contributed by atoms with Crippen LogP contribution in [-0.4, -0.2) is 45.3 Å². The molecule has 3 aromatic rings. The number of anilines is 1. The van der Waals surface area contributed by atoms with Crippen molar-refractivity contribution < 1.29 is 27.5 Å². The van der Waals surface area contributed by atoms with Crippen molar-refractivity contribution in [3.8, 4) is 5.75 Å². The number of sulfonamides is 1. The summed E-state index contributed by atoms with van der Waals surface area (Å²) in [6.07, 6.45) is 1.41. The first-order chi connectivity index (χ1) is 17.9. The van der Waals surface area contributed by atoms with Crippen LogP contribution < -0.4 is 14.5 Å². The van der Waals surface area contributed by atoms with Gasteiger partial charge in [-0.05, 0) is 81.8 Å². The zero-order valence-electron chi connectivity index (χ0n) is 21.7. The Morgan fingerprint density at radius 1 is 0.947 bits per heavy atom. The fraction of sp³-hybridized carbons (Fsp3) is 0.250. The normalized spacial score (nSPS) is 11.7. The molecular formula is C28H31N3O6S. The highest BCUT2D eigenvalue weighted by Gasteiger charge is 2.27. The third-order valence-corrected chi connectivity index (χ3v) is 6.79. The lowest BCUT2D eigenvalue weighted by atomic mass is 10.2. The van der Waals surface area contributed by atoms with Crippen LogP contribution in [0.1, 0.15) is 31.9 Å². The molecule has 0 aliphatic heterocycles. The minimum absolute atomic E-state index is 0.0808. The number of hydrogen-bond donors (Lipinski definition) is 1. The maximum absolute atomic E-state index is 13.3. The van der Waals surface area contributed by atoms with E-state index >= 15 is 0 Å². The van der Waals surface area contributed by atoms with Crippen LogP contribution in [0.4, 0.5) is 5.69 Å². The standard InChI is InChI=1S/C28H31N3O6S/c1-21-10-16-25(17-11-21)38(34,35)31(23-8-6-5-7-9-23)19-26(32)30-29-18-22-12-14-24(15-13-22)36-20-27(33)37-28(2,3)4/h5-18H,19-20H2,1-4H3,(H,30,32)/b29-18+. The van der Waals surface area contributed by atoms with Gasteiger partial charge < -0.3 is 9.47 Å². The maximum atomic E-state index is 13.3. The summed E-state index contributed by atoms with van der Waals surface area (Å²) in [5.41, 5.74) is 3.71. The zero-order chi connectivity index (χ0) is 27.8. The molecule has 0 aliphatic carbocycles. The average Bonchev–Trinajstić information content (AvgIpc) is 2.86. The molecule has 0 aromatic heterocycles. The van der Waals surface area contributed by atoms with Crippen molar-refractivity contribution in [1.29, 1.82) is 0 Å². The summed E-state index contributed by atoms with van der Waals surface area (Å²) in [6.45, 7) is 6.51. The van der Waals surface area contributed by atoms with Crippen LogP contribution in [0.2, 0.25) is 0 Å². The van der Waals surface area contributed by atoms with Crippen LogP contribution >= 0.6 is 0 Å². The van der Waals surface area contributed by atoms with Crippen molar-refractivity contribution in [2.75, 3.05) is 17.5 Å². The number of carbonyl (C=O) groups is 2. The van der Waals surface area contributed by atoms with Gasteiger partial charge >= 0.3 is 5.97 Å². The van der Waals surface area contributed by atoms with E-state index in [4.69, 9.17) is 9.47 Å². The fourth-order valence-corrected chi connectivity index (χ4v) is 4.68. The highest BCUT2D eigenvalue weighted by atomic mass is 32.2. The lowest BCUT2D eigenvalue weighted by Crippen LogP contribution is -2.39. The van der Waals surface area contributed by atoms with Gasteiger partial charge in [0.1, 0.15) is 17.9 Å². The molecule has 38 heavy (non-hydrogen) atoms. The number of aryl methyl sites for hydroxylation is 1. The van der Waals surface area contributed by atoms with Crippen LogP contribution in [-0.2, 0) is 24.3 Å². The van der Waals surface area contributed by atoms with E-state index in [-0.39, 0.29) is 11.5 Å². The minimum atomic E-state index is -4.00. The summed E-state index contributed by atoms with van der Waals surface area (Å²) < 4.78 is 38.3. The largest absolute Gasteiger partial charge is 0.482 e. The smallest absolute Gasteiger partial charge is 0.344 e. The number of nitrogens with zero attached hydrogens (tertiary/aromatic N) is 2. The molecule has 0 aliphatic rings. The van der Waals surface area contributed by atoms with Crippen LogP contribution in [0.25, 0.3) is 0 Å². The maximum Gasteiger partial charge on any atom is 0.344 e. The summed E-state index contributed by atoms with van der Waals surface area (Å²) in [6, 6.07) is 21.5. The number of ether oxygens (including phenoxy) is 2. The third kappa shape index (κ3) is 8.45. The molecule has 3 rings (SSSR count). The first kappa shape index (κ1) is 28.4. The number of amides is 1. The summed E-state index contributed by atoms with van der Waals surface area (Å²) in [5.74, 6) is -0.616. The number of esters is 1. The Hall–Kier alpha value is -4.18. The van der Waals surface area contributed by atoms with Crippen LogP contribution in [0.15, 0.2) is 88.9 Å². The van der Waals surface area contributed by atoms with Crippen LogP contribution in [0.3, 0.4) is 0 Å². The van der Waals surface area contributed by atoms with Gasteiger partial charge in [0.05, 0.1) is 16.8 Å². The fourth-order valence-electron chi connectivity index (χ4n) is 3.25. The van der Waals surface area contributed by atoms with E-state index in [1.54, 1.807) is 87.5 Å². The molecular weight excluding hydrogens is 506 g/mol. The summed E-state index contributed by atoms with van der Waals surface area (Å²) in [5, 5.41) is 3.94. The number of nitrogens with one attached hydrogen (secondary N) is 1. The van der Waals surface area contributed by atoms with E-state index in [0.717, 1.165) is 9.87 Å². The zero-order valence-corrected chi connectivity index (χ0v) is 22.6. The number of hydrazone groups is 1. The van der Waals surface area contributed by atoms with E-state index < -0.39 is 34.0 Å². The second-order valence-corrected chi connectivity index (χ2v) is 11.3. The molecule has 3 aromatic carbocycles. The Morgan fingerprint density at radius 2 is 1.58 bits per heavy atom. The number of para-hydroxylation sites is 1. The highest BCUT2D eigenvalue weighted by Crippen LogP contribution is 2.23. The summed E-state index contributed by atoms with van der Waals surface area (Å²) in [7, 11) is -4.00. The van der Waals surface area contributed by atoms with Crippen molar-refractivity contribution in [3.63, 3.8) is 0 Å². The molecule has 0 bridgehead atoms. The Bertz CT molecular complexity index is 1360. The van der Waals surface area contributed by atoms with Gasteiger partial charge in [0, 0.05) is 0 Å². The molecule has 0 saturated carbocycles. The Labute approximate surface area is 223 Å². The van der Waals surface area contributed by atoms with Gasteiger partial charge in [0.15, 0.2) is 6.61 Å². The van der Waals surface area contributed by atoms with E-state index in [9.17, 15) is 18.0 Å². The van der Waals surface area contributed by atoms with Gasteiger partial charge in [0.25, 0.3) is 15.9 Å². The Kier molecular flexibility index (Phi) is 9.25. The number of benzene rings is 3. The topological polar surface area (TPSA) is 114 Å². The molecule has 0 fully saturated rings. The number of carbonyl (C=O) groups excluding carboxylic acids is 2. The lowest BCUT2D eigenvalue weighted by Gasteiger charge is -2.23. The molecule has 9 nitrogen and oxygen atoms in total. The van der Waals surface area contributed by atoms with E-state index in [2.05, 4.69) is 10.5 Å². The van der Waals surface area contributed by atoms with Gasteiger partial charge in [0.2, 0.25) is 0 Å². The van der Waals surface area contributed by atoms with Gasteiger partial charge in [-0.1, -0.05) is 35.9 Å². The van der Waals surface area contributed by atoms with Crippen LogP contribution in [0.5, 0.6) is 5.75 Å². The van der Waals surface area contributed by atoms with Gasteiger partial charge in [-0.15, -0.1) is 0 Å². The predicted molar refractivity (Wildman–Crippen MR) is 146 cm³/mol. The average molecular weight is 538 g/mol. The van der Waals surface area contributed by atoms with E-state index in [0.29, 0.717) is 17.0 Å². The second-order valence-electron chi connectivity index (χ2n) is 9.40. The highest BCUT2D eigenvalue weighted by molar-refractivity contribution is 7.92. The molecule has 1 N–H and O–H groups in total. The Balaban J connectivity index is 1.62. The van der Waals surface area contributed by atoms with E-state index in [1.807, 2.05) is 6.92 Å².